The molecule has 2 aliphatic heterocycles. The molecule has 1 aromatic rings. The van der Waals surface area contributed by atoms with E-state index in [1.165, 1.54) is 31.2 Å². The van der Waals surface area contributed by atoms with Crippen LogP contribution < -0.4 is 5.32 Å². The van der Waals surface area contributed by atoms with Gasteiger partial charge in [0.15, 0.2) is 5.96 Å². The third kappa shape index (κ3) is 4.06. The molecule has 0 bridgehead atoms. The third-order valence-electron chi connectivity index (χ3n) is 7.11. The molecule has 2 unspecified atom stereocenters. The first-order valence-electron chi connectivity index (χ1n) is 11.2. The molecule has 5 rings (SSSR count). The topological polar surface area (TPSA) is 40.1 Å². The van der Waals surface area contributed by atoms with Gasteiger partial charge in [-0.1, -0.05) is 30.3 Å². The van der Waals surface area contributed by atoms with E-state index < -0.39 is 0 Å². The minimum absolute atomic E-state index is 0.290. The van der Waals surface area contributed by atoms with Crippen LogP contribution in [0.15, 0.2) is 35.3 Å². The zero-order chi connectivity index (χ0) is 18.9. The maximum absolute atomic E-state index is 6.15. The first-order chi connectivity index (χ1) is 13.8. The minimum Gasteiger partial charge on any atom is -0.373 e. The fourth-order valence-corrected chi connectivity index (χ4v) is 5.25. The summed E-state index contributed by atoms with van der Waals surface area (Å²) in [6, 6.07) is 11.3. The molecule has 2 saturated carbocycles. The number of rotatable bonds is 6. The van der Waals surface area contributed by atoms with Crippen molar-refractivity contribution in [2.75, 3.05) is 39.8 Å². The zero-order valence-corrected chi connectivity index (χ0v) is 17.1. The SMILES string of the molecule is CN=C(NCC(C1CC1)C1CC1)N1CC2OCCN(Cc3ccccc3)C2C1. The highest BCUT2D eigenvalue weighted by atomic mass is 16.5. The fourth-order valence-electron chi connectivity index (χ4n) is 5.25. The van der Waals surface area contributed by atoms with Crippen molar-refractivity contribution in [3.8, 4) is 0 Å². The molecule has 2 aliphatic carbocycles. The van der Waals surface area contributed by atoms with Crippen LogP contribution in [0.25, 0.3) is 0 Å². The van der Waals surface area contributed by atoms with E-state index in [0.717, 1.165) is 63.0 Å². The number of aliphatic imine (C=N–C) groups is 1. The van der Waals surface area contributed by atoms with Gasteiger partial charge in [0.25, 0.3) is 0 Å². The number of likely N-dealkylation sites (tertiary alicyclic amines) is 1. The molecule has 5 nitrogen and oxygen atoms in total. The third-order valence-corrected chi connectivity index (χ3v) is 7.11. The number of guanidine groups is 1. The van der Waals surface area contributed by atoms with Crippen molar-refractivity contribution in [1.29, 1.82) is 0 Å². The summed E-state index contributed by atoms with van der Waals surface area (Å²) in [7, 11) is 1.93. The van der Waals surface area contributed by atoms with E-state index in [-0.39, 0.29) is 0 Å². The highest BCUT2D eigenvalue weighted by Crippen LogP contribution is 2.48. The summed E-state index contributed by atoms with van der Waals surface area (Å²) >= 11 is 0. The zero-order valence-electron chi connectivity index (χ0n) is 17.1. The van der Waals surface area contributed by atoms with Gasteiger partial charge < -0.3 is 15.0 Å². The van der Waals surface area contributed by atoms with Gasteiger partial charge in [-0.15, -0.1) is 0 Å². The van der Waals surface area contributed by atoms with Crippen molar-refractivity contribution in [2.24, 2.45) is 22.7 Å². The molecule has 5 heteroatoms. The number of fused-ring (bicyclic) bond motifs is 1. The van der Waals surface area contributed by atoms with Crippen LogP contribution in [0, 0.1) is 17.8 Å². The average molecular weight is 383 g/mol. The maximum Gasteiger partial charge on any atom is 0.193 e. The fraction of sp³-hybridized carbons (Fsp3) is 0.696. The molecule has 1 aromatic carbocycles. The van der Waals surface area contributed by atoms with E-state index in [4.69, 9.17) is 4.74 Å². The second-order valence-corrected chi connectivity index (χ2v) is 9.10. The summed E-state index contributed by atoms with van der Waals surface area (Å²) in [5.74, 6) is 3.89. The summed E-state index contributed by atoms with van der Waals surface area (Å²) in [5.41, 5.74) is 1.39. The van der Waals surface area contributed by atoms with Crippen molar-refractivity contribution in [2.45, 2.75) is 44.4 Å². The van der Waals surface area contributed by atoms with Crippen LogP contribution in [0.4, 0.5) is 0 Å². The molecular weight excluding hydrogens is 348 g/mol. The van der Waals surface area contributed by atoms with Crippen LogP contribution in [0.3, 0.4) is 0 Å². The van der Waals surface area contributed by atoms with Gasteiger partial charge in [-0.25, -0.2) is 0 Å². The van der Waals surface area contributed by atoms with E-state index in [1.54, 1.807) is 0 Å². The quantitative estimate of drug-likeness (QED) is 0.606. The molecular formula is C23H34N4O. The smallest absolute Gasteiger partial charge is 0.193 e. The normalized spacial score (nSPS) is 28.6. The van der Waals surface area contributed by atoms with Crippen molar-refractivity contribution in [3.63, 3.8) is 0 Å². The van der Waals surface area contributed by atoms with Crippen LogP contribution in [0.5, 0.6) is 0 Å². The van der Waals surface area contributed by atoms with E-state index in [0.29, 0.717) is 12.1 Å². The summed E-state index contributed by atoms with van der Waals surface area (Å²) < 4.78 is 6.15. The van der Waals surface area contributed by atoms with Crippen LogP contribution in [-0.4, -0.2) is 67.7 Å². The van der Waals surface area contributed by atoms with Crippen LogP contribution in [-0.2, 0) is 11.3 Å². The monoisotopic (exact) mass is 382 g/mol. The molecule has 4 fully saturated rings. The molecule has 152 valence electrons. The summed E-state index contributed by atoms with van der Waals surface area (Å²) in [6.45, 7) is 5.92. The Hall–Kier alpha value is -1.59. The van der Waals surface area contributed by atoms with Gasteiger partial charge in [0, 0.05) is 39.8 Å². The van der Waals surface area contributed by atoms with Gasteiger partial charge in [-0.2, -0.15) is 0 Å². The van der Waals surface area contributed by atoms with Crippen molar-refractivity contribution < 1.29 is 4.74 Å². The van der Waals surface area contributed by atoms with Gasteiger partial charge in [-0.05, 0) is 49.0 Å². The molecule has 1 N–H and O–H groups in total. The number of nitrogens with zero attached hydrogens (tertiary/aromatic N) is 3. The second-order valence-electron chi connectivity index (χ2n) is 9.10. The molecule has 0 aromatic heterocycles. The standard InChI is InChI=1S/C23H34N4O/c1-24-23(25-13-20(18-7-8-18)19-9-10-19)27-15-21-22(16-27)28-12-11-26(21)14-17-5-3-2-4-6-17/h2-6,18-22H,7-16H2,1H3,(H,24,25). The van der Waals surface area contributed by atoms with Gasteiger partial charge in [0.05, 0.1) is 18.8 Å². The Morgan fingerprint density at radius 2 is 1.89 bits per heavy atom. The highest BCUT2D eigenvalue weighted by Gasteiger charge is 2.43. The van der Waals surface area contributed by atoms with Crippen molar-refractivity contribution in [3.05, 3.63) is 35.9 Å². The lowest BCUT2D eigenvalue weighted by molar-refractivity contribution is -0.0502. The number of morpholine rings is 1. The predicted octanol–water partition coefficient (Wildman–Crippen LogP) is 2.58. The Labute approximate surface area is 169 Å². The highest BCUT2D eigenvalue weighted by molar-refractivity contribution is 5.80. The summed E-state index contributed by atoms with van der Waals surface area (Å²) in [6.07, 6.45) is 6.06. The molecule has 4 aliphatic rings. The summed E-state index contributed by atoms with van der Waals surface area (Å²) in [5, 5.41) is 3.73. The number of benzene rings is 1. The first-order valence-corrected chi connectivity index (χ1v) is 11.2. The molecule has 28 heavy (non-hydrogen) atoms. The Bertz CT molecular complexity index is 673. The van der Waals surface area contributed by atoms with Crippen molar-refractivity contribution >= 4 is 5.96 Å². The molecule has 0 radical (unpaired) electrons. The Balaban J connectivity index is 1.20. The van der Waals surface area contributed by atoms with E-state index in [2.05, 4.69) is 50.4 Å². The lowest BCUT2D eigenvalue weighted by atomic mass is 9.98. The Morgan fingerprint density at radius 1 is 1.14 bits per heavy atom. The lowest BCUT2D eigenvalue weighted by Gasteiger charge is -2.36. The van der Waals surface area contributed by atoms with Crippen LogP contribution in [0.1, 0.15) is 31.2 Å². The molecule has 2 atom stereocenters. The number of hydrogen-bond donors (Lipinski definition) is 1. The van der Waals surface area contributed by atoms with E-state index >= 15 is 0 Å². The van der Waals surface area contributed by atoms with Crippen LogP contribution in [0.2, 0.25) is 0 Å². The number of hydrogen-bond acceptors (Lipinski definition) is 3. The van der Waals surface area contributed by atoms with Gasteiger partial charge in [0.2, 0.25) is 0 Å². The minimum atomic E-state index is 0.290. The van der Waals surface area contributed by atoms with Gasteiger partial charge in [0.1, 0.15) is 0 Å². The summed E-state index contributed by atoms with van der Waals surface area (Å²) in [4.78, 5) is 9.66. The first kappa shape index (κ1) is 18.4. The molecule has 0 amide bonds. The van der Waals surface area contributed by atoms with E-state index in [9.17, 15) is 0 Å². The molecule has 2 heterocycles. The molecule has 2 saturated heterocycles. The number of ether oxygens (including phenoxy) is 1. The maximum atomic E-state index is 6.15. The van der Waals surface area contributed by atoms with Crippen molar-refractivity contribution in [1.82, 2.24) is 15.1 Å². The van der Waals surface area contributed by atoms with Gasteiger partial charge >= 0.3 is 0 Å². The predicted molar refractivity (Wildman–Crippen MR) is 112 cm³/mol. The largest absolute Gasteiger partial charge is 0.373 e. The van der Waals surface area contributed by atoms with Crippen LogP contribution >= 0.6 is 0 Å². The lowest BCUT2D eigenvalue weighted by Crippen LogP contribution is -2.50. The van der Waals surface area contributed by atoms with E-state index in [1.807, 2.05) is 7.05 Å². The Morgan fingerprint density at radius 3 is 2.57 bits per heavy atom. The number of nitrogens with one attached hydrogen (secondary N) is 1. The average Bonchev–Trinajstić information content (AvgIpc) is 3.65. The molecule has 0 spiro atoms. The second kappa shape index (κ2) is 8.03. The van der Waals surface area contributed by atoms with Gasteiger partial charge in [-0.3, -0.25) is 9.89 Å². The Kier molecular flexibility index (Phi) is 5.29.